The van der Waals surface area contributed by atoms with Gasteiger partial charge >= 0.3 is 6.36 Å². The van der Waals surface area contributed by atoms with Crippen LogP contribution in [0, 0.1) is 25.2 Å². The Balaban J connectivity index is 3.26. The zero-order valence-corrected chi connectivity index (χ0v) is 8.14. The van der Waals surface area contributed by atoms with Crippen LogP contribution in [0.25, 0.3) is 0 Å². The lowest BCUT2D eigenvalue weighted by Crippen LogP contribution is -2.18. The van der Waals surface area contributed by atoms with Gasteiger partial charge in [-0.3, -0.25) is 0 Å². The topological polar surface area (TPSA) is 33.0 Å². The first-order valence-corrected chi connectivity index (χ1v) is 4.11. The Bertz CT molecular complexity index is 418. The molecule has 0 aliphatic rings. The third kappa shape index (κ3) is 2.62. The van der Waals surface area contributed by atoms with E-state index in [1.165, 1.54) is 13.0 Å². The van der Waals surface area contributed by atoms with Crippen molar-refractivity contribution in [1.82, 2.24) is 0 Å². The van der Waals surface area contributed by atoms with Crippen LogP contribution in [0.4, 0.5) is 13.2 Å². The molecule has 80 valence electrons. The maximum Gasteiger partial charge on any atom is 0.573 e. The summed E-state index contributed by atoms with van der Waals surface area (Å²) >= 11 is 0. The maximum atomic E-state index is 12.0. The first kappa shape index (κ1) is 11.4. The van der Waals surface area contributed by atoms with Crippen LogP contribution < -0.4 is 4.74 Å². The highest BCUT2D eigenvalue weighted by Gasteiger charge is 2.33. The van der Waals surface area contributed by atoms with Crippen LogP contribution in [-0.4, -0.2) is 6.36 Å². The van der Waals surface area contributed by atoms with Gasteiger partial charge in [-0.05, 0) is 31.0 Å². The molecule has 0 unspecified atom stereocenters. The average Bonchev–Trinajstić information content (AvgIpc) is 2.11. The molecule has 0 atom stereocenters. The highest BCUT2D eigenvalue weighted by molar-refractivity contribution is 5.51. The summed E-state index contributed by atoms with van der Waals surface area (Å²) < 4.78 is 39.9. The molecule has 5 heteroatoms. The van der Waals surface area contributed by atoms with Crippen LogP contribution in [0.5, 0.6) is 5.75 Å². The molecular weight excluding hydrogens is 207 g/mol. The molecule has 0 bridgehead atoms. The Hall–Kier alpha value is -1.70. The lowest BCUT2D eigenvalue weighted by molar-refractivity contribution is -0.274. The number of hydrogen-bond acceptors (Lipinski definition) is 2. The van der Waals surface area contributed by atoms with Gasteiger partial charge < -0.3 is 4.74 Å². The van der Waals surface area contributed by atoms with Crippen molar-refractivity contribution in [3.8, 4) is 11.8 Å². The Morgan fingerprint density at radius 1 is 1.27 bits per heavy atom. The average molecular weight is 215 g/mol. The third-order valence-electron chi connectivity index (χ3n) is 2.01. The number of rotatable bonds is 1. The van der Waals surface area contributed by atoms with Crippen molar-refractivity contribution >= 4 is 0 Å². The largest absolute Gasteiger partial charge is 0.573 e. The van der Waals surface area contributed by atoms with Crippen molar-refractivity contribution in [1.29, 1.82) is 5.26 Å². The highest BCUT2D eigenvalue weighted by atomic mass is 19.4. The van der Waals surface area contributed by atoms with Gasteiger partial charge in [-0.1, -0.05) is 6.07 Å². The Morgan fingerprint density at radius 3 is 2.33 bits per heavy atom. The van der Waals surface area contributed by atoms with E-state index < -0.39 is 12.1 Å². The minimum atomic E-state index is -4.77. The SMILES string of the molecule is Cc1ccc(C#N)c(OC(F)(F)F)c1C. The summed E-state index contributed by atoms with van der Waals surface area (Å²) in [4.78, 5) is 0. The van der Waals surface area contributed by atoms with E-state index >= 15 is 0 Å². The van der Waals surface area contributed by atoms with Gasteiger partial charge in [-0.15, -0.1) is 13.2 Å². The molecule has 0 spiro atoms. The molecule has 0 saturated carbocycles. The summed E-state index contributed by atoms with van der Waals surface area (Å²) in [6.45, 7) is 3.14. The first-order valence-electron chi connectivity index (χ1n) is 4.11. The number of nitriles is 1. The first-order chi connectivity index (χ1) is 6.85. The highest BCUT2D eigenvalue weighted by Crippen LogP contribution is 2.31. The van der Waals surface area contributed by atoms with Gasteiger partial charge in [0.05, 0.1) is 5.56 Å². The fraction of sp³-hybridized carbons (Fsp3) is 0.300. The zero-order chi connectivity index (χ0) is 11.6. The molecule has 0 amide bonds. The Morgan fingerprint density at radius 2 is 1.87 bits per heavy atom. The van der Waals surface area contributed by atoms with Gasteiger partial charge in [0.15, 0.2) is 0 Å². The number of nitrogens with zero attached hydrogens (tertiary/aromatic N) is 1. The van der Waals surface area contributed by atoms with Gasteiger partial charge in [0.2, 0.25) is 0 Å². The second kappa shape index (κ2) is 3.81. The van der Waals surface area contributed by atoms with Crippen molar-refractivity contribution in [2.24, 2.45) is 0 Å². The summed E-state index contributed by atoms with van der Waals surface area (Å²) in [6, 6.07) is 4.55. The molecule has 0 heterocycles. The maximum absolute atomic E-state index is 12.0. The van der Waals surface area contributed by atoms with Crippen LogP contribution >= 0.6 is 0 Å². The summed E-state index contributed by atoms with van der Waals surface area (Å²) in [5, 5.41) is 8.63. The van der Waals surface area contributed by atoms with Crippen LogP contribution in [0.15, 0.2) is 12.1 Å². The summed E-state index contributed by atoms with van der Waals surface area (Å²) in [6.07, 6.45) is -4.77. The minimum Gasteiger partial charge on any atom is -0.404 e. The predicted molar refractivity (Wildman–Crippen MR) is 47.3 cm³/mol. The van der Waals surface area contributed by atoms with Crippen LogP contribution in [0.2, 0.25) is 0 Å². The van der Waals surface area contributed by atoms with Crippen molar-refractivity contribution in [3.63, 3.8) is 0 Å². The van der Waals surface area contributed by atoms with E-state index in [2.05, 4.69) is 4.74 Å². The molecule has 0 aliphatic carbocycles. The molecular formula is C10H8F3NO. The Kier molecular flexibility index (Phi) is 2.89. The van der Waals surface area contributed by atoms with Crippen LogP contribution in [-0.2, 0) is 0 Å². The van der Waals surface area contributed by atoms with Gasteiger partial charge in [0.1, 0.15) is 11.8 Å². The molecule has 0 aromatic heterocycles. The van der Waals surface area contributed by atoms with E-state index in [0.717, 1.165) is 0 Å². The van der Waals surface area contributed by atoms with Crippen LogP contribution in [0.1, 0.15) is 16.7 Å². The van der Waals surface area contributed by atoms with Crippen molar-refractivity contribution in [2.45, 2.75) is 20.2 Å². The molecule has 0 N–H and O–H groups in total. The molecule has 1 rings (SSSR count). The monoisotopic (exact) mass is 215 g/mol. The molecule has 0 aliphatic heterocycles. The molecule has 0 radical (unpaired) electrons. The zero-order valence-electron chi connectivity index (χ0n) is 8.14. The smallest absolute Gasteiger partial charge is 0.404 e. The molecule has 15 heavy (non-hydrogen) atoms. The second-order valence-electron chi connectivity index (χ2n) is 3.04. The number of alkyl halides is 3. The van der Waals surface area contributed by atoms with Crippen molar-refractivity contribution < 1.29 is 17.9 Å². The number of benzene rings is 1. The molecule has 0 fully saturated rings. The number of halogens is 3. The lowest BCUT2D eigenvalue weighted by Gasteiger charge is -2.13. The molecule has 1 aromatic rings. The van der Waals surface area contributed by atoms with E-state index in [0.29, 0.717) is 11.1 Å². The summed E-state index contributed by atoms with van der Waals surface area (Å²) in [5.41, 5.74) is 0.857. The van der Waals surface area contributed by atoms with E-state index in [1.807, 2.05) is 0 Å². The van der Waals surface area contributed by atoms with Gasteiger partial charge in [-0.25, -0.2) is 0 Å². The fourth-order valence-corrected chi connectivity index (χ4v) is 1.13. The third-order valence-corrected chi connectivity index (χ3v) is 2.01. The summed E-state index contributed by atoms with van der Waals surface area (Å²) in [5.74, 6) is -0.412. The van der Waals surface area contributed by atoms with Crippen molar-refractivity contribution in [2.75, 3.05) is 0 Å². The van der Waals surface area contributed by atoms with Gasteiger partial charge in [-0.2, -0.15) is 5.26 Å². The minimum absolute atomic E-state index is 0.115. The number of hydrogen-bond donors (Lipinski definition) is 0. The Labute approximate surface area is 84.9 Å². The second-order valence-corrected chi connectivity index (χ2v) is 3.04. The number of aryl methyl sites for hydroxylation is 1. The predicted octanol–water partition coefficient (Wildman–Crippen LogP) is 3.07. The van der Waals surface area contributed by atoms with E-state index in [9.17, 15) is 13.2 Å². The van der Waals surface area contributed by atoms with Gasteiger partial charge in [0, 0.05) is 0 Å². The van der Waals surface area contributed by atoms with E-state index in [4.69, 9.17) is 5.26 Å². The van der Waals surface area contributed by atoms with E-state index in [1.54, 1.807) is 19.1 Å². The molecule has 2 nitrogen and oxygen atoms in total. The lowest BCUT2D eigenvalue weighted by atomic mass is 10.1. The molecule has 0 saturated heterocycles. The quantitative estimate of drug-likeness (QED) is 0.721. The summed E-state index contributed by atoms with van der Waals surface area (Å²) in [7, 11) is 0. The van der Waals surface area contributed by atoms with E-state index in [-0.39, 0.29) is 5.56 Å². The van der Waals surface area contributed by atoms with Gasteiger partial charge in [0.25, 0.3) is 0 Å². The van der Waals surface area contributed by atoms with Crippen molar-refractivity contribution in [3.05, 3.63) is 28.8 Å². The normalized spacial score (nSPS) is 10.9. The van der Waals surface area contributed by atoms with Crippen LogP contribution in [0.3, 0.4) is 0 Å². The number of ether oxygens (including phenoxy) is 1. The fourth-order valence-electron chi connectivity index (χ4n) is 1.13. The standard InChI is InChI=1S/C10H8F3NO/c1-6-3-4-8(5-14)9(7(6)2)15-10(11,12)13/h3-4H,1-2H3. The molecule has 1 aromatic carbocycles.